The quantitative estimate of drug-likeness (QED) is 0.787. The van der Waals surface area contributed by atoms with Crippen LogP contribution < -0.4 is 0 Å². The van der Waals surface area contributed by atoms with Gasteiger partial charge < -0.3 is 9.26 Å². The smallest absolute Gasteiger partial charge is 0.360 e. The molecule has 0 N–H and O–H groups in total. The van der Waals surface area contributed by atoms with Crippen LogP contribution >= 0.6 is 0 Å². The molecule has 1 aromatic heterocycles. The van der Waals surface area contributed by atoms with Gasteiger partial charge >= 0.3 is 11.9 Å². The Hall–Kier alpha value is -1.98. The summed E-state index contributed by atoms with van der Waals surface area (Å²) in [7, 11) is 0. The number of hydrogen-bond acceptors (Lipinski definition) is 4. The first-order valence-electron chi connectivity index (χ1n) is 5.95. The number of esters is 1. The van der Waals surface area contributed by atoms with Crippen molar-refractivity contribution in [2.45, 2.75) is 25.7 Å². The van der Waals surface area contributed by atoms with Gasteiger partial charge in [-0.2, -0.15) is 8.78 Å². The number of ether oxygens (including phenoxy) is 1. The van der Waals surface area contributed by atoms with Gasteiger partial charge in [0.1, 0.15) is 0 Å². The van der Waals surface area contributed by atoms with E-state index in [0.717, 1.165) is 12.5 Å². The van der Waals surface area contributed by atoms with Crippen LogP contribution in [-0.2, 0) is 10.7 Å². The number of aromatic nitrogens is 1. The van der Waals surface area contributed by atoms with Crippen LogP contribution in [0.3, 0.4) is 0 Å². The number of carbonyl (C=O) groups is 1. The number of halogens is 2. The van der Waals surface area contributed by atoms with Gasteiger partial charge in [-0.1, -0.05) is 23.4 Å². The summed E-state index contributed by atoms with van der Waals surface area (Å²) in [5.74, 6) is -4.73. The van der Waals surface area contributed by atoms with Crippen LogP contribution in [0.15, 0.2) is 34.4 Å². The largest absolute Gasteiger partial charge is 0.461 e. The standard InChI is InChI=1S/C13H13F2NO3/c1-2-18-12(17)10-8-11(19-16-10)13(14,15)9-6-4-3-5-7-9/h4,6-8H,2-3,5H2,1H3. The lowest BCUT2D eigenvalue weighted by atomic mass is 9.99. The first-order chi connectivity index (χ1) is 9.05. The molecule has 6 heteroatoms. The molecule has 0 fully saturated rings. The third-order valence-electron chi connectivity index (χ3n) is 2.66. The molecule has 0 saturated heterocycles. The van der Waals surface area contributed by atoms with Gasteiger partial charge in [-0.15, -0.1) is 0 Å². The Labute approximate surface area is 108 Å². The molecule has 1 aliphatic rings. The first-order valence-corrected chi connectivity index (χ1v) is 5.95. The second kappa shape index (κ2) is 5.34. The van der Waals surface area contributed by atoms with Gasteiger partial charge in [0.2, 0.25) is 5.76 Å². The van der Waals surface area contributed by atoms with Gasteiger partial charge in [-0.25, -0.2) is 4.79 Å². The topological polar surface area (TPSA) is 52.3 Å². The van der Waals surface area contributed by atoms with E-state index in [0.29, 0.717) is 6.42 Å². The van der Waals surface area contributed by atoms with Crippen LogP contribution in [0.1, 0.15) is 36.0 Å². The highest BCUT2D eigenvalue weighted by Gasteiger charge is 2.40. The zero-order chi connectivity index (χ0) is 13.9. The van der Waals surface area contributed by atoms with Gasteiger partial charge in [0.25, 0.3) is 0 Å². The molecule has 0 saturated carbocycles. The molecule has 19 heavy (non-hydrogen) atoms. The maximum atomic E-state index is 14.1. The fourth-order valence-electron chi connectivity index (χ4n) is 1.71. The number of rotatable bonds is 4. The number of carbonyl (C=O) groups excluding carboxylic acids is 1. The first kappa shape index (κ1) is 13.5. The van der Waals surface area contributed by atoms with Gasteiger partial charge in [0.05, 0.1) is 6.61 Å². The average molecular weight is 269 g/mol. The Morgan fingerprint density at radius 1 is 1.53 bits per heavy atom. The fourth-order valence-corrected chi connectivity index (χ4v) is 1.71. The Bertz CT molecular complexity index is 532. The molecule has 1 heterocycles. The van der Waals surface area contributed by atoms with E-state index in [4.69, 9.17) is 0 Å². The Kier molecular flexibility index (Phi) is 3.78. The lowest BCUT2D eigenvalue weighted by Crippen LogP contribution is -2.16. The minimum atomic E-state index is -3.30. The highest BCUT2D eigenvalue weighted by Crippen LogP contribution is 2.38. The van der Waals surface area contributed by atoms with E-state index in [1.807, 2.05) is 0 Å². The number of hydrogen-bond donors (Lipinski definition) is 0. The van der Waals surface area contributed by atoms with Crippen molar-refractivity contribution in [1.82, 2.24) is 5.16 Å². The predicted octanol–water partition coefficient (Wildman–Crippen LogP) is 3.22. The van der Waals surface area contributed by atoms with Crippen molar-refractivity contribution in [3.05, 3.63) is 41.3 Å². The Balaban J connectivity index is 2.24. The summed E-state index contributed by atoms with van der Waals surface area (Å²) in [6.07, 6.45) is 5.78. The maximum absolute atomic E-state index is 14.1. The van der Waals surface area contributed by atoms with E-state index in [9.17, 15) is 13.6 Å². The lowest BCUT2D eigenvalue weighted by molar-refractivity contribution is 0.0116. The zero-order valence-corrected chi connectivity index (χ0v) is 10.4. The average Bonchev–Trinajstić information content (AvgIpc) is 2.90. The van der Waals surface area contributed by atoms with Crippen LogP contribution in [0.4, 0.5) is 8.78 Å². The van der Waals surface area contributed by atoms with Crippen molar-refractivity contribution in [3.63, 3.8) is 0 Å². The van der Waals surface area contributed by atoms with E-state index in [2.05, 4.69) is 14.4 Å². The van der Waals surface area contributed by atoms with Crippen LogP contribution in [-0.4, -0.2) is 17.7 Å². The van der Waals surface area contributed by atoms with E-state index in [1.165, 1.54) is 12.2 Å². The minimum Gasteiger partial charge on any atom is -0.461 e. The van der Waals surface area contributed by atoms with Crippen molar-refractivity contribution < 1.29 is 22.8 Å². The summed E-state index contributed by atoms with van der Waals surface area (Å²) in [6.45, 7) is 1.76. The van der Waals surface area contributed by atoms with Crippen molar-refractivity contribution in [2.75, 3.05) is 6.61 Å². The molecular formula is C13H13F2NO3. The van der Waals surface area contributed by atoms with Crippen molar-refractivity contribution in [3.8, 4) is 0 Å². The van der Waals surface area contributed by atoms with Crippen molar-refractivity contribution in [2.24, 2.45) is 0 Å². The summed E-state index contributed by atoms with van der Waals surface area (Å²) in [5.41, 5.74) is -0.401. The summed E-state index contributed by atoms with van der Waals surface area (Å²) in [6, 6.07) is 0.918. The molecule has 0 unspecified atom stereocenters. The minimum absolute atomic E-state index is 0.144. The normalized spacial score (nSPS) is 15.2. The molecule has 0 bridgehead atoms. The Morgan fingerprint density at radius 3 is 2.95 bits per heavy atom. The summed E-state index contributed by atoms with van der Waals surface area (Å²) in [4.78, 5) is 11.3. The molecule has 0 spiro atoms. The number of nitrogens with zero attached hydrogens (tertiary/aromatic N) is 1. The molecule has 2 rings (SSSR count). The van der Waals surface area contributed by atoms with Gasteiger partial charge in [-0.3, -0.25) is 0 Å². The highest BCUT2D eigenvalue weighted by atomic mass is 19.3. The lowest BCUT2D eigenvalue weighted by Gasteiger charge is -2.16. The van der Waals surface area contributed by atoms with E-state index in [1.54, 1.807) is 13.0 Å². The maximum Gasteiger partial charge on any atom is 0.360 e. The Morgan fingerprint density at radius 2 is 2.32 bits per heavy atom. The monoisotopic (exact) mass is 269 g/mol. The van der Waals surface area contributed by atoms with Crippen LogP contribution in [0.5, 0.6) is 0 Å². The molecule has 0 amide bonds. The number of allylic oxidation sites excluding steroid dienone is 4. The third-order valence-corrected chi connectivity index (χ3v) is 2.66. The third kappa shape index (κ3) is 2.72. The van der Waals surface area contributed by atoms with Crippen molar-refractivity contribution >= 4 is 5.97 Å². The van der Waals surface area contributed by atoms with Gasteiger partial charge in [0.15, 0.2) is 5.69 Å². The summed E-state index contributed by atoms with van der Waals surface area (Å²) < 4.78 is 37.4. The summed E-state index contributed by atoms with van der Waals surface area (Å²) >= 11 is 0. The molecule has 4 nitrogen and oxygen atoms in total. The second-order valence-electron chi connectivity index (χ2n) is 4.01. The van der Waals surface area contributed by atoms with Crippen LogP contribution in [0, 0.1) is 0 Å². The van der Waals surface area contributed by atoms with E-state index < -0.39 is 17.7 Å². The van der Waals surface area contributed by atoms with Crippen molar-refractivity contribution in [1.29, 1.82) is 0 Å². The fraction of sp³-hybridized carbons (Fsp3) is 0.385. The van der Waals surface area contributed by atoms with E-state index in [-0.39, 0.29) is 17.9 Å². The SMILES string of the molecule is CCOC(=O)c1cc(C(F)(F)C2=CCCC=C2)on1. The second-order valence-corrected chi connectivity index (χ2v) is 4.01. The molecule has 0 aliphatic heterocycles. The van der Waals surface area contributed by atoms with Gasteiger partial charge in [-0.05, 0) is 19.8 Å². The van der Waals surface area contributed by atoms with Crippen LogP contribution in [0.25, 0.3) is 0 Å². The molecule has 1 aliphatic carbocycles. The number of alkyl halides is 2. The summed E-state index contributed by atoms with van der Waals surface area (Å²) in [5, 5.41) is 3.31. The molecule has 0 aromatic carbocycles. The van der Waals surface area contributed by atoms with E-state index >= 15 is 0 Å². The highest BCUT2D eigenvalue weighted by molar-refractivity contribution is 5.87. The predicted molar refractivity (Wildman–Crippen MR) is 62.8 cm³/mol. The zero-order valence-electron chi connectivity index (χ0n) is 10.4. The molecule has 0 radical (unpaired) electrons. The molecule has 0 atom stereocenters. The molecular weight excluding hydrogens is 256 g/mol. The van der Waals surface area contributed by atoms with Crippen LogP contribution in [0.2, 0.25) is 0 Å². The molecule has 102 valence electrons. The van der Waals surface area contributed by atoms with Gasteiger partial charge in [0, 0.05) is 11.6 Å². The molecule has 1 aromatic rings.